The van der Waals surface area contributed by atoms with E-state index in [9.17, 15) is 0 Å². The zero-order valence-electron chi connectivity index (χ0n) is 9.37. The Morgan fingerprint density at radius 2 is 1.40 bits per heavy atom. The monoisotopic (exact) mass is 211 g/mol. The quantitative estimate of drug-likeness (QED) is 0.748. The highest BCUT2D eigenvalue weighted by Gasteiger charge is 2.16. The molecule has 0 fully saturated rings. The van der Waals surface area contributed by atoms with Gasteiger partial charge in [0.1, 0.15) is 6.61 Å². The third-order valence-electron chi connectivity index (χ3n) is 1.91. The highest BCUT2D eigenvalue weighted by molar-refractivity contribution is 5.59. The SMILES string of the molecule is C[CH]Oc1ccc(OC)c(OC)c1OC. The van der Waals surface area contributed by atoms with Crippen LogP contribution in [0.2, 0.25) is 0 Å². The molecule has 0 aliphatic rings. The molecule has 0 unspecified atom stereocenters. The molecule has 1 aromatic rings. The maximum absolute atomic E-state index is 5.28. The third kappa shape index (κ3) is 2.26. The summed E-state index contributed by atoms with van der Waals surface area (Å²) in [5.74, 6) is 2.25. The van der Waals surface area contributed by atoms with Gasteiger partial charge in [-0.2, -0.15) is 0 Å². The van der Waals surface area contributed by atoms with E-state index >= 15 is 0 Å². The molecule has 0 aliphatic carbocycles. The largest absolute Gasteiger partial charge is 0.493 e. The number of ether oxygens (including phenoxy) is 4. The van der Waals surface area contributed by atoms with Crippen molar-refractivity contribution < 1.29 is 18.9 Å². The first-order valence-electron chi connectivity index (χ1n) is 4.51. The Balaban J connectivity index is 3.21. The molecule has 0 aromatic heterocycles. The fourth-order valence-corrected chi connectivity index (χ4v) is 1.29. The Morgan fingerprint density at radius 1 is 0.867 bits per heavy atom. The van der Waals surface area contributed by atoms with Crippen LogP contribution in [0.3, 0.4) is 0 Å². The minimum atomic E-state index is 0.523. The summed E-state index contributed by atoms with van der Waals surface area (Å²) in [4.78, 5) is 0. The van der Waals surface area contributed by atoms with Gasteiger partial charge in [-0.15, -0.1) is 0 Å². The smallest absolute Gasteiger partial charge is 0.207 e. The van der Waals surface area contributed by atoms with Crippen LogP contribution in [0.15, 0.2) is 12.1 Å². The van der Waals surface area contributed by atoms with Gasteiger partial charge in [-0.3, -0.25) is 0 Å². The highest BCUT2D eigenvalue weighted by Crippen LogP contribution is 2.43. The van der Waals surface area contributed by atoms with Crippen molar-refractivity contribution in [3.8, 4) is 23.0 Å². The number of hydrogen-bond donors (Lipinski definition) is 0. The van der Waals surface area contributed by atoms with E-state index < -0.39 is 0 Å². The third-order valence-corrected chi connectivity index (χ3v) is 1.91. The van der Waals surface area contributed by atoms with E-state index in [1.54, 1.807) is 47.0 Å². The molecule has 4 nitrogen and oxygen atoms in total. The van der Waals surface area contributed by atoms with Gasteiger partial charge in [-0.25, -0.2) is 0 Å². The first-order chi connectivity index (χ1) is 7.28. The molecule has 0 amide bonds. The Labute approximate surface area is 89.7 Å². The van der Waals surface area contributed by atoms with Gasteiger partial charge in [-0.05, 0) is 19.1 Å². The average molecular weight is 211 g/mol. The van der Waals surface area contributed by atoms with Gasteiger partial charge < -0.3 is 18.9 Å². The number of rotatable bonds is 5. The standard InChI is InChI=1S/C11H15O4/c1-5-15-9-7-6-8(12-2)10(13-3)11(9)14-4/h5-7H,1-4H3. The highest BCUT2D eigenvalue weighted by atomic mass is 16.5. The molecule has 1 radical (unpaired) electrons. The second kappa shape index (κ2) is 5.34. The van der Waals surface area contributed by atoms with E-state index in [0.29, 0.717) is 23.0 Å². The molecule has 4 heteroatoms. The van der Waals surface area contributed by atoms with Crippen molar-refractivity contribution in [2.45, 2.75) is 6.92 Å². The molecule has 0 bridgehead atoms. The summed E-state index contributed by atoms with van der Waals surface area (Å²) in [5, 5.41) is 0. The van der Waals surface area contributed by atoms with Crippen molar-refractivity contribution in [2.75, 3.05) is 21.3 Å². The minimum absolute atomic E-state index is 0.523. The van der Waals surface area contributed by atoms with Gasteiger partial charge in [0.15, 0.2) is 11.5 Å². The maximum Gasteiger partial charge on any atom is 0.207 e. The first kappa shape index (κ1) is 11.5. The number of benzene rings is 1. The summed E-state index contributed by atoms with van der Waals surface area (Å²) in [5.41, 5.74) is 0. The van der Waals surface area contributed by atoms with Gasteiger partial charge >= 0.3 is 0 Å². The van der Waals surface area contributed by atoms with Crippen molar-refractivity contribution in [3.05, 3.63) is 18.7 Å². The molecular weight excluding hydrogens is 196 g/mol. The van der Waals surface area contributed by atoms with Crippen LogP contribution in [0.25, 0.3) is 0 Å². The van der Waals surface area contributed by atoms with Gasteiger partial charge in [0.2, 0.25) is 11.5 Å². The van der Waals surface area contributed by atoms with Crippen molar-refractivity contribution in [3.63, 3.8) is 0 Å². The zero-order valence-corrected chi connectivity index (χ0v) is 9.37. The Bertz CT molecular complexity index is 323. The van der Waals surface area contributed by atoms with E-state index in [1.165, 1.54) is 0 Å². The molecule has 1 aromatic carbocycles. The molecule has 0 spiro atoms. The van der Waals surface area contributed by atoms with Gasteiger partial charge in [0, 0.05) is 0 Å². The predicted octanol–water partition coefficient (Wildman–Crippen LogP) is 2.27. The summed E-state index contributed by atoms with van der Waals surface area (Å²) in [6.07, 6.45) is 0. The normalized spacial score (nSPS) is 9.60. The summed E-state index contributed by atoms with van der Waals surface area (Å²) < 4.78 is 20.8. The average Bonchev–Trinajstić information content (AvgIpc) is 2.28. The molecular formula is C11H15O4. The Kier molecular flexibility index (Phi) is 4.09. The lowest BCUT2D eigenvalue weighted by Crippen LogP contribution is -1.97. The zero-order chi connectivity index (χ0) is 11.3. The lowest BCUT2D eigenvalue weighted by atomic mass is 10.2. The van der Waals surface area contributed by atoms with E-state index in [-0.39, 0.29) is 0 Å². The summed E-state index contributed by atoms with van der Waals surface area (Å²) in [6.45, 7) is 3.36. The van der Waals surface area contributed by atoms with Crippen LogP contribution in [-0.2, 0) is 0 Å². The number of hydrogen-bond acceptors (Lipinski definition) is 4. The van der Waals surface area contributed by atoms with Crippen LogP contribution in [0.5, 0.6) is 23.0 Å². The second-order valence-electron chi connectivity index (χ2n) is 2.69. The van der Waals surface area contributed by atoms with Gasteiger partial charge in [0.05, 0.1) is 21.3 Å². The van der Waals surface area contributed by atoms with Crippen LogP contribution in [-0.4, -0.2) is 21.3 Å². The number of methoxy groups -OCH3 is 3. The molecule has 0 saturated heterocycles. The van der Waals surface area contributed by atoms with Crippen LogP contribution in [0.1, 0.15) is 6.92 Å². The van der Waals surface area contributed by atoms with Crippen molar-refractivity contribution in [1.29, 1.82) is 0 Å². The van der Waals surface area contributed by atoms with E-state index in [2.05, 4.69) is 0 Å². The predicted molar refractivity (Wildman–Crippen MR) is 56.7 cm³/mol. The fourth-order valence-electron chi connectivity index (χ4n) is 1.29. The molecule has 0 aliphatic heterocycles. The van der Waals surface area contributed by atoms with Crippen LogP contribution in [0, 0.1) is 6.61 Å². The molecule has 1 rings (SSSR count). The maximum atomic E-state index is 5.28. The molecule has 15 heavy (non-hydrogen) atoms. The molecule has 0 heterocycles. The topological polar surface area (TPSA) is 36.9 Å². The summed E-state index contributed by atoms with van der Waals surface area (Å²) >= 11 is 0. The van der Waals surface area contributed by atoms with Crippen LogP contribution < -0.4 is 18.9 Å². The van der Waals surface area contributed by atoms with Crippen LogP contribution in [0.4, 0.5) is 0 Å². The first-order valence-corrected chi connectivity index (χ1v) is 4.51. The van der Waals surface area contributed by atoms with Gasteiger partial charge in [0.25, 0.3) is 0 Å². The summed E-state index contributed by atoms with van der Waals surface area (Å²) in [7, 11) is 4.68. The molecule has 0 saturated carbocycles. The van der Waals surface area contributed by atoms with E-state index in [4.69, 9.17) is 18.9 Å². The summed E-state index contributed by atoms with van der Waals surface area (Å²) in [6, 6.07) is 3.53. The molecule has 0 atom stereocenters. The van der Waals surface area contributed by atoms with Crippen molar-refractivity contribution >= 4 is 0 Å². The molecule has 83 valence electrons. The Morgan fingerprint density at radius 3 is 1.87 bits per heavy atom. The lowest BCUT2D eigenvalue weighted by Gasteiger charge is -2.15. The Hall–Kier alpha value is -1.58. The lowest BCUT2D eigenvalue weighted by molar-refractivity contribution is 0.306. The van der Waals surface area contributed by atoms with Crippen LogP contribution >= 0.6 is 0 Å². The minimum Gasteiger partial charge on any atom is -0.493 e. The molecule has 0 N–H and O–H groups in total. The fraction of sp³-hybridized carbons (Fsp3) is 0.364. The van der Waals surface area contributed by atoms with Gasteiger partial charge in [-0.1, -0.05) is 0 Å². The van der Waals surface area contributed by atoms with E-state index in [1.807, 2.05) is 0 Å². The van der Waals surface area contributed by atoms with Crippen molar-refractivity contribution in [1.82, 2.24) is 0 Å². The second-order valence-corrected chi connectivity index (χ2v) is 2.69. The van der Waals surface area contributed by atoms with Crippen molar-refractivity contribution in [2.24, 2.45) is 0 Å². The van der Waals surface area contributed by atoms with E-state index in [0.717, 1.165) is 0 Å².